The largest absolute Gasteiger partial charge is 0.464 e. The number of nitrogens with zero attached hydrogens (tertiary/aromatic N) is 7. The van der Waals surface area contributed by atoms with E-state index >= 15 is 0 Å². The highest BCUT2D eigenvalue weighted by atomic mass is 32.1. The first-order chi connectivity index (χ1) is 32.5. The first-order valence-electron chi connectivity index (χ1n) is 24.1. The highest BCUT2D eigenvalue weighted by molar-refractivity contribution is 7.10. The Balaban J connectivity index is 1.13. The highest BCUT2D eigenvalue weighted by Crippen LogP contribution is 2.46. The first kappa shape index (κ1) is 48.8. The number of aryl methyl sites for hydroxylation is 1. The molecule has 0 radical (unpaired) electrons. The molecule has 17 heteroatoms. The van der Waals surface area contributed by atoms with Crippen LogP contribution in [0.1, 0.15) is 96.0 Å². The molecule has 1 spiro atoms. The number of carbonyl (C=O) groups is 5. The maximum atomic E-state index is 14.7. The van der Waals surface area contributed by atoms with E-state index in [-0.39, 0.29) is 42.5 Å². The molecular weight excluding hydrogens is 883 g/mol. The fraction of sp³-hybridized carbons (Fsp3) is 0.549. The summed E-state index contributed by atoms with van der Waals surface area (Å²) in [5.74, 6) is -1.82. The Morgan fingerprint density at radius 2 is 1.88 bits per heavy atom. The van der Waals surface area contributed by atoms with Gasteiger partial charge in [-0.25, -0.2) is 15.2 Å². The number of rotatable bonds is 9. The van der Waals surface area contributed by atoms with Gasteiger partial charge in [0.25, 0.3) is 5.91 Å². The van der Waals surface area contributed by atoms with E-state index in [9.17, 15) is 24.0 Å². The van der Waals surface area contributed by atoms with Gasteiger partial charge in [0.1, 0.15) is 18.1 Å². The average molecular weight is 950 g/mol. The van der Waals surface area contributed by atoms with Crippen LogP contribution >= 0.6 is 11.3 Å². The van der Waals surface area contributed by atoms with E-state index in [0.717, 1.165) is 57.5 Å². The number of hydrogen-bond acceptors (Lipinski definition) is 11. The van der Waals surface area contributed by atoms with Crippen molar-refractivity contribution in [1.29, 1.82) is 0 Å². The predicted molar refractivity (Wildman–Crippen MR) is 261 cm³/mol. The lowest BCUT2D eigenvalue weighted by molar-refractivity contribution is -0.155. The van der Waals surface area contributed by atoms with Crippen molar-refractivity contribution in [2.24, 2.45) is 11.3 Å². The molecule has 364 valence electrons. The van der Waals surface area contributed by atoms with Crippen molar-refractivity contribution in [2.75, 3.05) is 46.9 Å². The fourth-order valence-corrected chi connectivity index (χ4v) is 11.3. The standard InChI is InChI=1S/C51H67N9O7S/c1-10-42(61)59-25-24-57(23-20-51(59)18-19-51)49(65)56(8)44(31(3)4)46(62)54-38-27-41-53-39(29-68-41)33-16-17-40-35(26-33)36(45(58(40)11-2)34-14-12-21-52-43(34)32(5)66-9)28-50(6,7)30-67-48(64)37-15-13-22-60(55-37)47(38)63/h10,12,14,16-17,21,26,29,31-32,37-38,44,55H,1,11,13,15,18-20,22-25,27-28,30H2,2-9H3,(H,54,62)/t32-,37-,38-,44-/m0/s1. The topological polar surface area (TPSA) is 172 Å². The maximum absolute atomic E-state index is 14.7. The quantitative estimate of drug-likeness (QED) is 0.139. The van der Waals surface area contributed by atoms with Crippen molar-refractivity contribution >= 4 is 52.0 Å². The molecule has 2 saturated heterocycles. The second-order valence-corrected chi connectivity index (χ2v) is 21.0. The number of amides is 5. The Hall–Kier alpha value is -5.65. The summed E-state index contributed by atoms with van der Waals surface area (Å²) in [5.41, 5.74) is 9.02. The van der Waals surface area contributed by atoms with Gasteiger partial charge in [-0.05, 0) is 94.2 Å². The molecule has 4 aromatic rings. The van der Waals surface area contributed by atoms with Gasteiger partial charge in [0.05, 0.1) is 34.8 Å². The molecule has 6 heterocycles. The van der Waals surface area contributed by atoms with Crippen LogP contribution in [0.5, 0.6) is 0 Å². The number of esters is 1. The van der Waals surface area contributed by atoms with E-state index in [0.29, 0.717) is 63.4 Å². The number of methoxy groups -OCH3 is 1. The Kier molecular flexibility index (Phi) is 14.2. The molecule has 2 N–H and O–H groups in total. The molecule has 3 aromatic heterocycles. The molecule has 16 nitrogen and oxygen atoms in total. The Morgan fingerprint density at radius 1 is 1.10 bits per heavy atom. The SMILES string of the molecule is C=CC(=O)N1CCN(C(=O)N(C)[C@H](C(=O)N[C@H]2Cc3nc(cs3)-c3ccc4c(c3)c(c(-c3cccnc3[C@H](C)OC)n4CC)CC(C)(C)COC(=O)[C@@H]3CCCN(N3)C2=O)C(C)C)CCC12CC2. The Morgan fingerprint density at radius 3 is 2.59 bits per heavy atom. The lowest BCUT2D eigenvalue weighted by Crippen LogP contribution is -2.62. The zero-order valence-corrected chi connectivity index (χ0v) is 41.6. The molecule has 3 fully saturated rings. The smallest absolute Gasteiger partial charge is 0.324 e. The molecule has 1 aromatic carbocycles. The van der Waals surface area contributed by atoms with Crippen LogP contribution in [0, 0.1) is 11.3 Å². The minimum absolute atomic E-state index is 0.0753. The molecule has 1 saturated carbocycles. The number of aromatic nitrogens is 3. The van der Waals surface area contributed by atoms with Crippen LogP contribution in [0.25, 0.3) is 33.4 Å². The minimum atomic E-state index is -1.09. The number of hydrogen-bond donors (Lipinski definition) is 2. The third-order valence-electron chi connectivity index (χ3n) is 14.3. The number of nitrogens with one attached hydrogen (secondary N) is 2. The average Bonchev–Trinajstić information content (AvgIpc) is 3.92. The van der Waals surface area contributed by atoms with Crippen LogP contribution in [0.2, 0.25) is 0 Å². The first-order valence-corrected chi connectivity index (χ1v) is 25.0. The highest BCUT2D eigenvalue weighted by Gasteiger charge is 2.51. The zero-order valence-electron chi connectivity index (χ0n) is 40.8. The number of hydrazine groups is 1. The van der Waals surface area contributed by atoms with E-state index in [4.69, 9.17) is 19.4 Å². The Bertz CT molecular complexity index is 2580. The summed E-state index contributed by atoms with van der Waals surface area (Å²) in [6, 6.07) is 7.30. The monoisotopic (exact) mass is 949 g/mol. The number of thiazole rings is 1. The maximum Gasteiger partial charge on any atom is 0.324 e. The number of urea groups is 1. The molecule has 5 amide bonds. The number of ether oxygens (including phenoxy) is 2. The van der Waals surface area contributed by atoms with E-state index in [1.54, 1.807) is 25.3 Å². The number of carbonyl (C=O) groups excluding carboxylic acids is 5. The molecule has 4 aliphatic rings. The third-order valence-corrected chi connectivity index (χ3v) is 15.2. The number of cyclic esters (lactones) is 1. The van der Waals surface area contributed by atoms with Crippen molar-refractivity contribution in [1.82, 2.24) is 45.0 Å². The number of pyridine rings is 1. The van der Waals surface area contributed by atoms with Crippen molar-refractivity contribution < 1.29 is 33.4 Å². The van der Waals surface area contributed by atoms with Crippen LogP contribution in [0.4, 0.5) is 4.79 Å². The third kappa shape index (κ3) is 9.66. The molecule has 6 bridgehead atoms. The van der Waals surface area contributed by atoms with Crippen molar-refractivity contribution in [2.45, 2.75) is 123 Å². The molecule has 0 unspecified atom stereocenters. The second-order valence-electron chi connectivity index (χ2n) is 20.0. The summed E-state index contributed by atoms with van der Waals surface area (Å²) in [4.78, 5) is 85.2. The lowest BCUT2D eigenvalue weighted by Gasteiger charge is -2.37. The van der Waals surface area contributed by atoms with Gasteiger partial charge in [0.15, 0.2) is 0 Å². The van der Waals surface area contributed by atoms with Gasteiger partial charge in [-0.1, -0.05) is 40.3 Å². The molecule has 8 rings (SSSR count). The van der Waals surface area contributed by atoms with Gasteiger partial charge < -0.3 is 34.1 Å². The summed E-state index contributed by atoms with van der Waals surface area (Å²) in [6.45, 7) is 18.1. The number of fused-ring (bicyclic) bond motifs is 6. The second kappa shape index (κ2) is 19.8. The number of likely N-dealkylation sites (N-methyl/N-ethyl adjacent to an activating group) is 1. The van der Waals surface area contributed by atoms with Crippen molar-refractivity contribution in [3.63, 3.8) is 0 Å². The van der Waals surface area contributed by atoms with E-state index in [1.807, 2.05) is 37.1 Å². The van der Waals surface area contributed by atoms with Gasteiger partial charge >= 0.3 is 12.0 Å². The minimum Gasteiger partial charge on any atom is -0.464 e. The van der Waals surface area contributed by atoms with Gasteiger partial charge in [-0.3, -0.25) is 29.2 Å². The summed E-state index contributed by atoms with van der Waals surface area (Å²) < 4.78 is 14.3. The van der Waals surface area contributed by atoms with E-state index < -0.39 is 41.3 Å². The zero-order chi connectivity index (χ0) is 48.7. The Labute approximate surface area is 403 Å². The molecule has 3 aliphatic heterocycles. The van der Waals surface area contributed by atoms with Crippen LogP contribution in [0.3, 0.4) is 0 Å². The molecular formula is C51H67N9O7S. The molecule has 1 aliphatic carbocycles. The van der Waals surface area contributed by atoms with Crippen molar-refractivity contribution in [3.8, 4) is 22.5 Å². The van der Waals surface area contributed by atoms with Gasteiger partial charge in [0.2, 0.25) is 11.8 Å². The molecule has 68 heavy (non-hydrogen) atoms. The normalized spacial score (nSPS) is 21.5. The predicted octanol–water partition coefficient (Wildman–Crippen LogP) is 6.53. The van der Waals surface area contributed by atoms with Gasteiger partial charge in [-0.2, -0.15) is 0 Å². The van der Waals surface area contributed by atoms with Crippen LogP contribution in [0.15, 0.2) is 54.6 Å². The molecule has 4 atom stereocenters. The lowest BCUT2D eigenvalue weighted by atomic mass is 9.84. The van der Waals surface area contributed by atoms with E-state index in [2.05, 4.69) is 66.9 Å². The van der Waals surface area contributed by atoms with Crippen LogP contribution < -0.4 is 10.7 Å². The van der Waals surface area contributed by atoms with Gasteiger partial charge in [-0.15, -0.1) is 11.3 Å². The van der Waals surface area contributed by atoms with Gasteiger partial charge in [0, 0.05) is 97.9 Å². The fourth-order valence-electron chi connectivity index (χ4n) is 10.4. The summed E-state index contributed by atoms with van der Waals surface area (Å²) in [5, 5.41) is 8.15. The van der Waals surface area contributed by atoms with E-state index in [1.165, 1.54) is 27.3 Å². The van der Waals surface area contributed by atoms with Crippen molar-refractivity contribution in [3.05, 3.63) is 70.8 Å². The summed E-state index contributed by atoms with van der Waals surface area (Å²) in [6.07, 6.45) is 6.94. The van der Waals surface area contributed by atoms with Crippen LogP contribution in [-0.4, -0.2) is 135 Å². The summed E-state index contributed by atoms with van der Waals surface area (Å²) in [7, 11) is 3.31. The van der Waals surface area contributed by atoms with Crippen LogP contribution in [-0.2, 0) is 48.0 Å². The number of benzene rings is 1. The summed E-state index contributed by atoms with van der Waals surface area (Å²) >= 11 is 1.41.